The van der Waals surface area contributed by atoms with Crippen LogP contribution >= 0.6 is 11.6 Å². The number of hydrogen-bond donors (Lipinski definition) is 2. The SMILES string of the molecule is CC(C)(C)NCc1cc(C(C)(C)C)cc(-c2cncc(Cl)c2)c1O. The van der Waals surface area contributed by atoms with Crippen LogP contribution in [0.2, 0.25) is 5.02 Å². The second-order valence-electron chi connectivity index (χ2n) is 8.28. The van der Waals surface area contributed by atoms with Crippen LogP contribution in [0.4, 0.5) is 0 Å². The summed E-state index contributed by atoms with van der Waals surface area (Å²) in [7, 11) is 0. The number of phenolic OH excluding ortho intramolecular Hbond substituents is 1. The lowest BCUT2D eigenvalue weighted by Gasteiger charge is -2.25. The third-order valence-corrected chi connectivity index (χ3v) is 4.09. The van der Waals surface area contributed by atoms with Gasteiger partial charge in [0.05, 0.1) is 5.02 Å². The second-order valence-corrected chi connectivity index (χ2v) is 8.71. The van der Waals surface area contributed by atoms with Crippen LogP contribution in [-0.4, -0.2) is 15.6 Å². The molecular weight excluding hydrogens is 320 g/mol. The van der Waals surface area contributed by atoms with E-state index in [2.05, 4.69) is 57.9 Å². The quantitative estimate of drug-likeness (QED) is 0.793. The molecule has 0 bridgehead atoms. The fraction of sp³-hybridized carbons (Fsp3) is 0.450. The predicted octanol–water partition coefficient (Wildman–Crippen LogP) is 5.29. The number of phenols is 1. The van der Waals surface area contributed by atoms with E-state index in [4.69, 9.17) is 11.6 Å². The maximum atomic E-state index is 10.8. The van der Waals surface area contributed by atoms with Gasteiger partial charge >= 0.3 is 0 Å². The lowest BCUT2D eigenvalue weighted by Crippen LogP contribution is -2.35. The normalized spacial score (nSPS) is 12.5. The monoisotopic (exact) mass is 346 g/mol. The minimum absolute atomic E-state index is 0.0229. The first-order valence-electron chi connectivity index (χ1n) is 8.20. The van der Waals surface area contributed by atoms with Gasteiger partial charge in [-0.05, 0) is 43.9 Å². The highest BCUT2D eigenvalue weighted by Crippen LogP contribution is 2.37. The fourth-order valence-corrected chi connectivity index (χ4v) is 2.58. The molecule has 4 heteroatoms. The molecule has 2 aromatic rings. The van der Waals surface area contributed by atoms with Gasteiger partial charge < -0.3 is 10.4 Å². The van der Waals surface area contributed by atoms with Gasteiger partial charge in [0.2, 0.25) is 0 Å². The van der Waals surface area contributed by atoms with E-state index in [1.807, 2.05) is 12.1 Å². The van der Waals surface area contributed by atoms with Crippen LogP contribution in [0.3, 0.4) is 0 Å². The summed E-state index contributed by atoms with van der Waals surface area (Å²) in [6.45, 7) is 13.4. The Morgan fingerprint density at radius 2 is 1.71 bits per heavy atom. The zero-order valence-electron chi connectivity index (χ0n) is 15.4. The lowest BCUT2D eigenvalue weighted by molar-refractivity contribution is 0.411. The van der Waals surface area contributed by atoms with Crippen LogP contribution in [0.25, 0.3) is 11.1 Å². The number of benzene rings is 1. The van der Waals surface area contributed by atoms with E-state index in [1.165, 1.54) is 5.56 Å². The largest absolute Gasteiger partial charge is 0.507 e. The Bertz CT molecular complexity index is 727. The zero-order valence-corrected chi connectivity index (χ0v) is 16.1. The van der Waals surface area contributed by atoms with E-state index in [0.29, 0.717) is 11.6 Å². The Balaban J connectivity index is 2.57. The number of aromatic hydroxyl groups is 1. The predicted molar refractivity (Wildman–Crippen MR) is 102 cm³/mol. The number of nitrogens with one attached hydrogen (secondary N) is 1. The highest BCUT2D eigenvalue weighted by molar-refractivity contribution is 6.30. The summed E-state index contributed by atoms with van der Waals surface area (Å²) in [4.78, 5) is 4.15. The van der Waals surface area contributed by atoms with Crippen molar-refractivity contribution in [3.63, 3.8) is 0 Å². The van der Waals surface area contributed by atoms with E-state index in [1.54, 1.807) is 12.4 Å². The number of pyridine rings is 1. The molecule has 24 heavy (non-hydrogen) atoms. The van der Waals surface area contributed by atoms with Gasteiger partial charge in [0, 0.05) is 41.2 Å². The molecule has 0 aliphatic heterocycles. The standard InChI is InChI=1S/C20H27ClN2O/c1-19(2,3)15-7-14(11-23-20(4,5)6)18(24)17(9-15)13-8-16(21)12-22-10-13/h7-10,12,23-24H,11H2,1-6H3. The van der Waals surface area contributed by atoms with Crippen LogP contribution in [0.1, 0.15) is 52.7 Å². The molecule has 0 aliphatic carbocycles. The topological polar surface area (TPSA) is 45.2 Å². The second kappa shape index (κ2) is 6.73. The molecule has 3 nitrogen and oxygen atoms in total. The first-order valence-corrected chi connectivity index (χ1v) is 8.57. The van der Waals surface area contributed by atoms with Crippen molar-refractivity contribution < 1.29 is 5.11 Å². The molecule has 1 aromatic carbocycles. The molecule has 0 saturated heterocycles. The van der Waals surface area contributed by atoms with E-state index in [0.717, 1.165) is 16.7 Å². The molecule has 0 radical (unpaired) electrons. The van der Waals surface area contributed by atoms with Crippen LogP contribution in [0.15, 0.2) is 30.6 Å². The summed E-state index contributed by atoms with van der Waals surface area (Å²) in [6, 6.07) is 5.94. The Kier molecular flexibility index (Phi) is 5.26. The van der Waals surface area contributed by atoms with Crippen molar-refractivity contribution in [3.05, 3.63) is 46.7 Å². The van der Waals surface area contributed by atoms with E-state index in [9.17, 15) is 5.11 Å². The van der Waals surface area contributed by atoms with Crippen molar-refractivity contribution in [1.29, 1.82) is 0 Å². The number of aromatic nitrogens is 1. The van der Waals surface area contributed by atoms with Gasteiger partial charge in [-0.1, -0.05) is 38.4 Å². The summed E-state index contributed by atoms with van der Waals surface area (Å²) < 4.78 is 0. The van der Waals surface area contributed by atoms with Gasteiger partial charge in [-0.3, -0.25) is 4.98 Å². The van der Waals surface area contributed by atoms with E-state index >= 15 is 0 Å². The third kappa shape index (κ3) is 4.71. The minimum atomic E-state index is -0.0258. The summed E-state index contributed by atoms with van der Waals surface area (Å²) in [5, 5.41) is 14.8. The average Bonchev–Trinajstić information content (AvgIpc) is 2.44. The van der Waals surface area contributed by atoms with Gasteiger partial charge in [-0.25, -0.2) is 0 Å². The van der Waals surface area contributed by atoms with E-state index in [-0.39, 0.29) is 16.7 Å². The molecule has 2 N–H and O–H groups in total. The van der Waals surface area contributed by atoms with Gasteiger partial charge in [0.1, 0.15) is 5.75 Å². The third-order valence-electron chi connectivity index (χ3n) is 3.88. The summed E-state index contributed by atoms with van der Waals surface area (Å²) >= 11 is 6.08. The van der Waals surface area contributed by atoms with Crippen LogP contribution < -0.4 is 5.32 Å². The first kappa shape index (κ1) is 18.8. The molecule has 0 atom stereocenters. The number of halogens is 1. The molecule has 0 fully saturated rings. The smallest absolute Gasteiger partial charge is 0.127 e. The Labute approximate surface area is 150 Å². The maximum absolute atomic E-state index is 10.8. The molecule has 130 valence electrons. The average molecular weight is 347 g/mol. The molecule has 0 aliphatic rings. The lowest BCUT2D eigenvalue weighted by atomic mass is 9.83. The Hall–Kier alpha value is -1.58. The van der Waals surface area contributed by atoms with Crippen LogP contribution in [0, 0.1) is 0 Å². The number of rotatable bonds is 3. The van der Waals surface area contributed by atoms with Crippen molar-refractivity contribution in [1.82, 2.24) is 10.3 Å². The van der Waals surface area contributed by atoms with Gasteiger partial charge in [0.15, 0.2) is 0 Å². The summed E-state index contributed by atoms with van der Waals surface area (Å²) in [6.07, 6.45) is 3.33. The summed E-state index contributed by atoms with van der Waals surface area (Å²) in [5.74, 6) is 0.281. The molecule has 0 saturated carbocycles. The van der Waals surface area contributed by atoms with Crippen molar-refractivity contribution in [2.24, 2.45) is 0 Å². The Morgan fingerprint density at radius 1 is 1.04 bits per heavy atom. The molecule has 1 heterocycles. The van der Waals surface area contributed by atoms with Crippen molar-refractivity contribution in [2.45, 2.75) is 59.0 Å². The van der Waals surface area contributed by atoms with Crippen molar-refractivity contribution >= 4 is 11.6 Å². The molecule has 0 spiro atoms. The first-order chi connectivity index (χ1) is 11.0. The molecular formula is C20H27ClN2O. The number of nitrogens with zero attached hydrogens (tertiary/aromatic N) is 1. The Morgan fingerprint density at radius 3 is 2.25 bits per heavy atom. The summed E-state index contributed by atoms with van der Waals surface area (Å²) in [5.41, 5.74) is 3.59. The van der Waals surface area contributed by atoms with Crippen molar-refractivity contribution in [3.8, 4) is 16.9 Å². The van der Waals surface area contributed by atoms with E-state index < -0.39 is 0 Å². The fourth-order valence-electron chi connectivity index (χ4n) is 2.40. The molecule has 2 rings (SSSR count). The maximum Gasteiger partial charge on any atom is 0.127 e. The molecule has 1 aromatic heterocycles. The zero-order chi connectivity index (χ0) is 18.1. The van der Waals surface area contributed by atoms with Crippen LogP contribution in [-0.2, 0) is 12.0 Å². The van der Waals surface area contributed by atoms with Gasteiger partial charge in [0.25, 0.3) is 0 Å². The van der Waals surface area contributed by atoms with Crippen LogP contribution in [0.5, 0.6) is 5.75 Å². The highest BCUT2D eigenvalue weighted by Gasteiger charge is 2.20. The number of hydrogen-bond acceptors (Lipinski definition) is 3. The van der Waals surface area contributed by atoms with Gasteiger partial charge in [-0.15, -0.1) is 0 Å². The molecule has 0 unspecified atom stereocenters. The minimum Gasteiger partial charge on any atom is -0.507 e. The van der Waals surface area contributed by atoms with Crippen molar-refractivity contribution in [2.75, 3.05) is 0 Å². The van der Waals surface area contributed by atoms with Gasteiger partial charge in [-0.2, -0.15) is 0 Å². The highest BCUT2D eigenvalue weighted by atomic mass is 35.5. The molecule has 0 amide bonds.